The zero-order valence-electron chi connectivity index (χ0n) is 19.4. The zero-order valence-corrected chi connectivity index (χ0v) is 22.5. The van der Waals surface area contributed by atoms with E-state index >= 15 is 0 Å². The molecule has 0 N–H and O–H groups in total. The van der Waals surface area contributed by atoms with Crippen molar-refractivity contribution in [3.05, 3.63) is 57.2 Å². The molecule has 1 aromatic carbocycles. The van der Waals surface area contributed by atoms with Gasteiger partial charge in [-0.1, -0.05) is 40.9 Å². The highest BCUT2D eigenvalue weighted by Crippen LogP contribution is 2.38. The van der Waals surface area contributed by atoms with Crippen molar-refractivity contribution < 1.29 is 17.9 Å². The SMILES string of the molecule is C[C@H](Oc1ccc(Cl)cn1)[C@@H]1CN(C(=O)N2CCN(S(C)(=O)=O)CC2)C[C@@H]1c1ccc(Cl)c(Cl)c1. The number of nitrogens with zero attached hydrogens (tertiary/aromatic N) is 4. The molecule has 35 heavy (non-hydrogen) atoms. The topological polar surface area (TPSA) is 83.1 Å². The van der Waals surface area contributed by atoms with Gasteiger partial charge in [0.25, 0.3) is 0 Å². The van der Waals surface area contributed by atoms with E-state index in [-0.39, 0.29) is 24.0 Å². The van der Waals surface area contributed by atoms with Crippen LogP contribution in [0.15, 0.2) is 36.5 Å². The van der Waals surface area contributed by atoms with Crippen LogP contribution in [-0.2, 0) is 10.0 Å². The number of rotatable bonds is 5. The highest BCUT2D eigenvalue weighted by atomic mass is 35.5. The van der Waals surface area contributed by atoms with Gasteiger partial charge < -0.3 is 14.5 Å². The van der Waals surface area contributed by atoms with E-state index < -0.39 is 10.0 Å². The monoisotopic (exact) mass is 560 g/mol. The molecule has 1 aromatic heterocycles. The number of urea groups is 1. The second kappa shape index (κ2) is 10.7. The smallest absolute Gasteiger partial charge is 0.320 e. The molecule has 2 fully saturated rings. The van der Waals surface area contributed by atoms with Gasteiger partial charge >= 0.3 is 6.03 Å². The van der Waals surface area contributed by atoms with Crippen LogP contribution < -0.4 is 4.74 Å². The lowest BCUT2D eigenvalue weighted by atomic mass is 9.86. The van der Waals surface area contributed by atoms with Crippen molar-refractivity contribution in [1.82, 2.24) is 19.1 Å². The molecule has 0 spiro atoms. The molecule has 2 aliphatic heterocycles. The minimum Gasteiger partial charge on any atom is -0.474 e. The zero-order chi connectivity index (χ0) is 25.3. The van der Waals surface area contributed by atoms with Crippen LogP contribution >= 0.6 is 34.8 Å². The lowest BCUT2D eigenvalue weighted by molar-refractivity contribution is 0.126. The second-order valence-corrected chi connectivity index (χ2v) is 12.2. The number of likely N-dealkylation sites (tertiary alicyclic amines) is 1. The molecule has 4 rings (SSSR count). The summed E-state index contributed by atoms with van der Waals surface area (Å²) in [4.78, 5) is 21.1. The van der Waals surface area contributed by atoms with Gasteiger partial charge in [0.2, 0.25) is 15.9 Å². The Labute approximate surface area is 220 Å². The minimum atomic E-state index is -3.27. The quantitative estimate of drug-likeness (QED) is 0.546. The Morgan fingerprint density at radius 2 is 1.74 bits per heavy atom. The average Bonchev–Trinajstić information content (AvgIpc) is 3.27. The summed E-state index contributed by atoms with van der Waals surface area (Å²) in [5.41, 5.74) is 0.973. The lowest BCUT2D eigenvalue weighted by Gasteiger charge is -2.35. The van der Waals surface area contributed by atoms with Crippen LogP contribution in [0.5, 0.6) is 5.88 Å². The molecule has 2 aromatic rings. The van der Waals surface area contributed by atoms with Gasteiger partial charge in [0.1, 0.15) is 6.10 Å². The Balaban J connectivity index is 1.52. The summed E-state index contributed by atoms with van der Waals surface area (Å²) >= 11 is 18.4. The van der Waals surface area contributed by atoms with Gasteiger partial charge in [0, 0.05) is 63.4 Å². The van der Waals surface area contributed by atoms with Gasteiger partial charge in [-0.05, 0) is 30.7 Å². The highest BCUT2D eigenvalue weighted by molar-refractivity contribution is 7.88. The van der Waals surface area contributed by atoms with Crippen molar-refractivity contribution in [1.29, 1.82) is 0 Å². The standard InChI is InChI=1S/C23H27Cl3N4O4S/c1-15(34-22-6-4-17(24)12-27-22)18-13-29(14-19(18)16-3-5-20(25)21(26)11-16)23(31)28-7-9-30(10-8-28)35(2,32)33/h3-6,11-12,15,18-19H,7-10,13-14H2,1-2H3/t15-,18-,19+/m0/s1. The fourth-order valence-electron chi connectivity index (χ4n) is 4.68. The molecule has 0 bridgehead atoms. The van der Waals surface area contributed by atoms with Crippen LogP contribution in [0.25, 0.3) is 0 Å². The first-order valence-electron chi connectivity index (χ1n) is 11.2. The average molecular weight is 562 g/mol. The summed E-state index contributed by atoms with van der Waals surface area (Å²) in [6.07, 6.45) is 2.46. The van der Waals surface area contributed by atoms with E-state index in [1.807, 2.05) is 24.0 Å². The van der Waals surface area contributed by atoms with E-state index in [1.54, 1.807) is 23.1 Å². The van der Waals surface area contributed by atoms with Crippen molar-refractivity contribution in [2.24, 2.45) is 5.92 Å². The van der Waals surface area contributed by atoms with Gasteiger partial charge in [0.15, 0.2) is 0 Å². The van der Waals surface area contributed by atoms with Crippen LogP contribution in [0.3, 0.4) is 0 Å². The Morgan fingerprint density at radius 1 is 1.03 bits per heavy atom. The molecular formula is C23H27Cl3N4O4S. The molecule has 0 radical (unpaired) electrons. The maximum atomic E-state index is 13.4. The minimum absolute atomic E-state index is 0.0340. The molecule has 12 heteroatoms. The summed E-state index contributed by atoms with van der Waals surface area (Å²) in [7, 11) is -3.27. The number of hydrogen-bond acceptors (Lipinski definition) is 5. The highest BCUT2D eigenvalue weighted by Gasteiger charge is 2.42. The first kappa shape index (κ1) is 26.3. The number of benzene rings is 1. The van der Waals surface area contributed by atoms with E-state index in [4.69, 9.17) is 39.5 Å². The third-order valence-corrected chi connectivity index (χ3v) is 8.86. The number of sulfonamides is 1. The fourth-order valence-corrected chi connectivity index (χ4v) is 5.92. The normalized spacial score (nSPS) is 22.3. The van der Waals surface area contributed by atoms with Gasteiger partial charge in [-0.25, -0.2) is 18.2 Å². The number of piperazine rings is 1. The lowest BCUT2D eigenvalue weighted by Crippen LogP contribution is -2.53. The van der Waals surface area contributed by atoms with Gasteiger partial charge in [-0.15, -0.1) is 0 Å². The van der Waals surface area contributed by atoms with Crippen molar-refractivity contribution in [2.45, 2.75) is 18.9 Å². The van der Waals surface area contributed by atoms with Crippen molar-refractivity contribution >= 4 is 50.9 Å². The fraction of sp³-hybridized carbons (Fsp3) is 0.478. The summed E-state index contributed by atoms with van der Waals surface area (Å²) < 4.78 is 31.2. The first-order valence-corrected chi connectivity index (χ1v) is 14.2. The molecule has 2 aliphatic rings. The number of hydrogen-bond donors (Lipinski definition) is 0. The van der Waals surface area contributed by atoms with Crippen molar-refractivity contribution in [2.75, 3.05) is 45.5 Å². The van der Waals surface area contributed by atoms with E-state index in [1.165, 1.54) is 16.8 Å². The summed E-state index contributed by atoms with van der Waals surface area (Å²) in [5, 5.41) is 1.45. The molecule has 3 heterocycles. The molecule has 2 amide bonds. The van der Waals surface area contributed by atoms with E-state index in [0.29, 0.717) is 60.2 Å². The molecule has 8 nitrogen and oxygen atoms in total. The van der Waals surface area contributed by atoms with Crippen LogP contribution in [0, 0.1) is 5.92 Å². The third kappa shape index (κ3) is 6.14. The summed E-state index contributed by atoms with van der Waals surface area (Å²) in [6.45, 7) is 4.21. The summed E-state index contributed by atoms with van der Waals surface area (Å²) in [5.74, 6) is 0.385. The molecule has 0 unspecified atom stereocenters. The molecule has 0 saturated carbocycles. The Morgan fingerprint density at radius 3 is 2.34 bits per heavy atom. The molecule has 190 valence electrons. The maximum Gasteiger partial charge on any atom is 0.320 e. The number of aromatic nitrogens is 1. The van der Waals surface area contributed by atoms with E-state index in [0.717, 1.165) is 5.56 Å². The van der Waals surface area contributed by atoms with Crippen LogP contribution in [0.2, 0.25) is 15.1 Å². The van der Waals surface area contributed by atoms with E-state index in [9.17, 15) is 13.2 Å². The van der Waals surface area contributed by atoms with Crippen LogP contribution in [0.4, 0.5) is 4.79 Å². The van der Waals surface area contributed by atoms with Crippen LogP contribution in [0.1, 0.15) is 18.4 Å². The molecule has 0 aliphatic carbocycles. The van der Waals surface area contributed by atoms with Crippen molar-refractivity contribution in [3.63, 3.8) is 0 Å². The van der Waals surface area contributed by atoms with Gasteiger partial charge in [0.05, 0.1) is 21.3 Å². The second-order valence-electron chi connectivity index (χ2n) is 8.92. The number of amides is 2. The Hall–Kier alpha value is -1.78. The van der Waals surface area contributed by atoms with E-state index in [2.05, 4.69) is 4.98 Å². The van der Waals surface area contributed by atoms with Crippen LogP contribution in [-0.4, -0.2) is 85.2 Å². The molecule has 2 saturated heterocycles. The molecule has 3 atom stereocenters. The molecular weight excluding hydrogens is 535 g/mol. The Kier molecular flexibility index (Phi) is 8.02. The largest absolute Gasteiger partial charge is 0.474 e. The first-order chi connectivity index (χ1) is 16.5. The maximum absolute atomic E-state index is 13.4. The number of ether oxygens (including phenoxy) is 1. The van der Waals surface area contributed by atoms with Crippen molar-refractivity contribution in [3.8, 4) is 5.88 Å². The van der Waals surface area contributed by atoms with Gasteiger partial charge in [-0.3, -0.25) is 0 Å². The number of carbonyl (C=O) groups is 1. The third-order valence-electron chi connectivity index (χ3n) is 6.60. The summed E-state index contributed by atoms with van der Waals surface area (Å²) in [6, 6.07) is 8.85. The number of carbonyl (C=O) groups excluding carboxylic acids is 1. The predicted octanol–water partition coefficient (Wildman–Crippen LogP) is 4.22. The van der Waals surface area contributed by atoms with Gasteiger partial charge in [-0.2, -0.15) is 4.31 Å². The number of pyridine rings is 1. The predicted molar refractivity (Wildman–Crippen MR) is 137 cm³/mol. The number of halogens is 3. The Bertz CT molecular complexity index is 1170.